The van der Waals surface area contributed by atoms with E-state index in [1.54, 1.807) is 0 Å². The molecule has 0 saturated carbocycles. The average Bonchev–Trinajstić information content (AvgIpc) is 2.86. The molecule has 0 amide bonds. The van der Waals surface area contributed by atoms with Gasteiger partial charge in [0.2, 0.25) is 0 Å². The van der Waals surface area contributed by atoms with E-state index in [9.17, 15) is 0 Å². The molecule has 4 nitrogen and oxygen atoms in total. The molecule has 0 spiro atoms. The summed E-state index contributed by atoms with van der Waals surface area (Å²) in [6.45, 7) is 6.16. The molecule has 1 heterocycles. The van der Waals surface area contributed by atoms with Gasteiger partial charge in [-0.3, -0.25) is 0 Å². The number of rotatable bonds is 6. The Kier molecular flexibility index (Phi) is 5.09. The van der Waals surface area contributed by atoms with E-state index >= 15 is 0 Å². The Morgan fingerprint density at radius 2 is 2.15 bits per heavy atom. The Balaban J connectivity index is 2.23. The predicted octanol–water partition coefficient (Wildman–Crippen LogP) is 3.33. The van der Waals surface area contributed by atoms with Gasteiger partial charge in [0.25, 0.3) is 0 Å². The van der Waals surface area contributed by atoms with Crippen LogP contribution in [0.2, 0.25) is 0 Å². The Bertz CT molecular complexity index is 554. The highest BCUT2D eigenvalue weighted by molar-refractivity contribution is 7.05. The number of hydrogen-bond donors (Lipinski definition) is 1. The van der Waals surface area contributed by atoms with Crippen molar-refractivity contribution in [1.29, 1.82) is 0 Å². The van der Waals surface area contributed by atoms with Gasteiger partial charge < -0.3 is 10.5 Å². The van der Waals surface area contributed by atoms with E-state index in [2.05, 4.69) is 16.5 Å². The van der Waals surface area contributed by atoms with Gasteiger partial charge in [-0.1, -0.05) is 30.0 Å². The quantitative estimate of drug-likeness (QED) is 0.887. The number of ether oxygens (including phenoxy) is 1. The first-order valence-electron chi connectivity index (χ1n) is 6.95. The molecule has 0 aliphatic carbocycles. The molecule has 1 atom stereocenters. The maximum Gasteiger partial charge on any atom is 0.120 e. The summed E-state index contributed by atoms with van der Waals surface area (Å²) in [4.78, 5) is 1.05. The van der Waals surface area contributed by atoms with Crippen LogP contribution >= 0.6 is 11.5 Å². The summed E-state index contributed by atoms with van der Waals surface area (Å²) in [6.07, 6.45) is 2.12. The molecular weight excluding hydrogens is 270 g/mol. The SMILES string of the molecule is CCCc1nnsc1C(N)c1cccc(OC(C)C)c1. The zero-order valence-corrected chi connectivity index (χ0v) is 13.0. The average molecular weight is 291 g/mol. The van der Waals surface area contributed by atoms with Gasteiger partial charge in [0, 0.05) is 0 Å². The second-order valence-electron chi connectivity index (χ2n) is 5.05. The van der Waals surface area contributed by atoms with Crippen LogP contribution in [0.15, 0.2) is 24.3 Å². The highest BCUT2D eigenvalue weighted by Gasteiger charge is 2.17. The number of nitrogens with two attached hydrogens (primary N) is 1. The Morgan fingerprint density at radius 3 is 2.85 bits per heavy atom. The van der Waals surface area contributed by atoms with Crippen molar-refractivity contribution >= 4 is 11.5 Å². The lowest BCUT2D eigenvalue weighted by molar-refractivity contribution is 0.242. The minimum atomic E-state index is -0.188. The summed E-state index contributed by atoms with van der Waals surface area (Å²) in [5.74, 6) is 0.850. The highest BCUT2D eigenvalue weighted by atomic mass is 32.1. The molecule has 2 aromatic rings. The molecular formula is C15H21N3OS. The summed E-state index contributed by atoms with van der Waals surface area (Å²) in [5.41, 5.74) is 8.41. The molecule has 0 bridgehead atoms. The smallest absolute Gasteiger partial charge is 0.120 e. The van der Waals surface area contributed by atoms with E-state index in [0.717, 1.165) is 34.7 Å². The molecule has 0 aliphatic rings. The van der Waals surface area contributed by atoms with Gasteiger partial charge in [0.05, 0.1) is 22.7 Å². The fourth-order valence-corrected chi connectivity index (χ4v) is 2.79. The van der Waals surface area contributed by atoms with Crippen LogP contribution in [0.3, 0.4) is 0 Å². The first-order valence-corrected chi connectivity index (χ1v) is 7.72. The van der Waals surface area contributed by atoms with Crippen molar-refractivity contribution in [2.75, 3.05) is 0 Å². The van der Waals surface area contributed by atoms with Crippen molar-refractivity contribution in [2.24, 2.45) is 5.73 Å². The topological polar surface area (TPSA) is 61.0 Å². The zero-order valence-electron chi connectivity index (χ0n) is 12.2. The number of hydrogen-bond acceptors (Lipinski definition) is 5. The normalized spacial score (nSPS) is 12.7. The highest BCUT2D eigenvalue weighted by Crippen LogP contribution is 2.28. The van der Waals surface area contributed by atoms with Gasteiger partial charge in [0.15, 0.2) is 0 Å². The minimum Gasteiger partial charge on any atom is -0.491 e. The molecule has 1 unspecified atom stereocenters. The van der Waals surface area contributed by atoms with Crippen LogP contribution in [-0.2, 0) is 6.42 Å². The van der Waals surface area contributed by atoms with Gasteiger partial charge in [0.1, 0.15) is 5.75 Å². The summed E-state index contributed by atoms with van der Waals surface area (Å²) in [5, 5.41) is 4.18. The van der Waals surface area contributed by atoms with Gasteiger partial charge in [-0.25, -0.2) is 0 Å². The second kappa shape index (κ2) is 6.81. The molecule has 0 saturated heterocycles. The number of aryl methyl sites for hydroxylation is 1. The van der Waals surface area contributed by atoms with E-state index < -0.39 is 0 Å². The fourth-order valence-electron chi connectivity index (χ4n) is 2.07. The standard InChI is InChI=1S/C15H21N3OS/c1-4-6-13-15(20-18-17-13)14(16)11-7-5-8-12(9-11)19-10(2)3/h5,7-10,14H,4,6,16H2,1-3H3. The molecule has 20 heavy (non-hydrogen) atoms. The van der Waals surface area contributed by atoms with Crippen molar-refractivity contribution in [1.82, 2.24) is 9.59 Å². The number of benzene rings is 1. The first-order chi connectivity index (χ1) is 9.61. The van der Waals surface area contributed by atoms with Gasteiger partial charge in [-0.2, -0.15) is 0 Å². The van der Waals surface area contributed by atoms with Crippen LogP contribution in [0, 0.1) is 0 Å². The Morgan fingerprint density at radius 1 is 1.35 bits per heavy atom. The summed E-state index contributed by atoms with van der Waals surface area (Å²) >= 11 is 1.39. The maximum atomic E-state index is 6.37. The van der Waals surface area contributed by atoms with E-state index in [4.69, 9.17) is 10.5 Å². The molecule has 0 radical (unpaired) electrons. The molecule has 1 aromatic carbocycles. The molecule has 0 aliphatic heterocycles. The third-order valence-electron chi connectivity index (χ3n) is 2.94. The maximum absolute atomic E-state index is 6.37. The number of aromatic nitrogens is 2. The molecule has 1 aromatic heterocycles. The molecule has 2 rings (SSSR count). The monoisotopic (exact) mass is 291 g/mol. The van der Waals surface area contributed by atoms with Crippen molar-refractivity contribution in [2.45, 2.75) is 45.8 Å². The van der Waals surface area contributed by atoms with Crippen LogP contribution in [0.4, 0.5) is 0 Å². The third kappa shape index (κ3) is 3.55. The van der Waals surface area contributed by atoms with E-state index in [-0.39, 0.29) is 12.1 Å². The van der Waals surface area contributed by atoms with Crippen molar-refractivity contribution in [3.63, 3.8) is 0 Å². The van der Waals surface area contributed by atoms with Gasteiger partial charge in [-0.15, -0.1) is 5.10 Å². The summed E-state index contributed by atoms with van der Waals surface area (Å²) < 4.78 is 9.76. The fraction of sp³-hybridized carbons (Fsp3) is 0.467. The van der Waals surface area contributed by atoms with Gasteiger partial charge in [-0.05, 0) is 49.5 Å². The molecule has 0 fully saturated rings. The minimum absolute atomic E-state index is 0.155. The second-order valence-corrected chi connectivity index (χ2v) is 5.84. The van der Waals surface area contributed by atoms with Crippen LogP contribution < -0.4 is 10.5 Å². The van der Waals surface area contributed by atoms with Crippen molar-refractivity contribution < 1.29 is 4.74 Å². The lowest BCUT2D eigenvalue weighted by Gasteiger charge is -2.14. The van der Waals surface area contributed by atoms with Crippen molar-refractivity contribution in [3.8, 4) is 5.75 Å². The van der Waals surface area contributed by atoms with Crippen LogP contribution in [0.25, 0.3) is 0 Å². The van der Waals surface area contributed by atoms with Crippen LogP contribution in [0.1, 0.15) is 49.4 Å². The van der Waals surface area contributed by atoms with E-state index in [1.807, 2.05) is 38.1 Å². The van der Waals surface area contributed by atoms with Crippen LogP contribution in [0.5, 0.6) is 5.75 Å². The van der Waals surface area contributed by atoms with Crippen molar-refractivity contribution in [3.05, 3.63) is 40.4 Å². The Labute approximate surface area is 124 Å². The largest absolute Gasteiger partial charge is 0.491 e. The molecule has 5 heteroatoms. The van der Waals surface area contributed by atoms with Crippen LogP contribution in [-0.4, -0.2) is 15.7 Å². The zero-order chi connectivity index (χ0) is 14.5. The van der Waals surface area contributed by atoms with Gasteiger partial charge >= 0.3 is 0 Å². The summed E-state index contributed by atoms with van der Waals surface area (Å²) in [6, 6.07) is 7.76. The predicted molar refractivity (Wildman–Crippen MR) is 82.1 cm³/mol. The molecule has 108 valence electrons. The Hall–Kier alpha value is -1.46. The van der Waals surface area contributed by atoms with E-state index in [0.29, 0.717) is 0 Å². The third-order valence-corrected chi connectivity index (χ3v) is 3.79. The summed E-state index contributed by atoms with van der Waals surface area (Å²) in [7, 11) is 0. The lowest BCUT2D eigenvalue weighted by Crippen LogP contribution is -2.13. The molecule has 2 N–H and O–H groups in total. The van der Waals surface area contributed by atoms with E-state index in [1.165, 1.54) is 11.5 Å². The lowest BCUT2D eigenvalue weighted by atomic mass is 10.0. The number of nitrogens with zero attached hydrogens (tertiary/aromatic N) is 2. The first kappa shape index (κ1) is 14.9.